The van der Waals surface area contributed by atoms with E-state index in [9.17, 15) is 19.2 Å². The predicted octanol–water partition coefficient (Wildman–Crippen LogP) is -0.422. The van der Waals surface area contributed by atoms with Gasteiger partial charge in [0.25, 0.3) is 0 Å². The van der Waals surface area contributed by atoms with E-state index in [4.69, 9.17) is 9.47 Å². The molecule has 5 atom stereocenters. The van der Waals surface area contributed by atoms with Gasteiger partial charge in [-0.15, -0.1) is 0 Å². The number of hydrogen-bond donors (Lipinski definition) is 4. The van der Waals surface area contributed by atoms with Crippen LogP contribution in [0.1, 0.15) is 33.3 Å². The van der Waals surface area contributed by atoms with E-state index in [1.165, 1.54) is 27.7 Å². The lowest BCUT2D eigenvalue weighted by molar-refractivity contribution is -0.226. The van der Waals surface area contributed by atoms with Crippen molar-refractivity contribution in [3.63, 3.8) is 0 Å². The van der Waals surface area contributed by atoms with Crippen molar-refractivity contribution >= 4 is 23.6 Å². The summed E-state index contributed by atoms with van der Waals surface area (Å²) < 4.78 is 12.1. The van der Waals surface area contributed by atoms with Crippen LogP contribution >= 0.6 is 0 Å². The molecule has 2 rings (SSSR count). The molecule has 10 nitrogen and oxygen atoms in total. The number of carbonyl (C=O) groups excluding carboxylic acids is 4. The van der Waals surface area contributed by atoms with Crippen LogP contribution in [0.15, 0.2) is 30.3 Å². The van der Waals surface area contributed by atoms with E-state index >= 15 is 0 Å². The van der Waals surface area contributed by atoms with Gasteiger partial charge in [-0.25, -0.2) is 0 Å². The summed E-state index contributed by atoms with van der Waals surface area (Å²) in [6.45, 7) is 5.67. The third-order valence-electron chi connectivity index (χ3n) is 4.70. The van der Waals surface area contributed by atoms with Crippen molar-refractivity contribution in [2.24, 2.45) is 0 Å². The molecule has 170 valence electrons. The Kier molecular flexibility index (Phi) is 8.95. The van der Waals surface area contributed by atoms with Gasteiger partial charge in [0.2, 0.25) is 23.6 Å². The monoisotopic (exact) mass is 434 g/mol. The highest BCUT2D eigenvalue weighted by Crippen LogP contribution is 2.24. The first-order chi connectivity index (χ1) is 14.7. The molecular weight excluding hydrogens is 404 g/mol. The van der Waals surface area contributed by atoms with Crippen LogP contribution in [0.3, 0.4) is 0 Å². The summed E-state index contributed by atoms with van der Waals surface area (Å²) in [6, 6.07) is 7.16. The first kappa shape index (κ1) is 24.3. The molecule has 10 heteroatoms. The van der Waals surface area contributed by atoms with Crippen molar-refractivity contribution in [1.29, 1.82) is 0 Å². The van der Waals surface area contributed by atoms with Gasteiger partial charge in [-0.05, 0) is 5.56 Å². The Bertz CT molecular complexity index is 787. The summed E-state index contributed by atoms with van der Waals surface area (Å²) in [5.41, 5.74) is 0.895. The third-order valence-corrected chi connectivity index (χ3v) is 4.70. The Morgan fingerprint density at radius 3 is 1.90 bits per heavy atom. The first-order valence-corrected chi connectivity index (χ1v) is 10.0. The number of hydrogen-bond acceptors (Lipinski definition) is 6. The number of nitrogens with one attached hydrogen (secondary N) is 4. The molecular formula is C21H30N4O6. The molecule has 1 aliphatic rings. The molecule has 31 heavy (non-hydrogen) atoms. The normalized spacial score (nSPS) is 25.2. The summed E-state index contributed by atoms with van der Waals surface area (Å²) in [7, 11) is 0. The van der Waals surface area contributed by atoms with Crippen molar-refractivity contribution in [3.05, 3.63) is 35.9 Å². The van der Waals surface area contributed by atoms with E-state index < -0.39 is 30.5 Å². The molecule has 5 unspecified atom stereocenters. The largest absolute Gasteiger partial charge is 0.354 e. The Hall–Kier alpha value is -2.98. The second kappa shape index (κ2) is 11.4. The van der Waals surface area contributed by atoms with Gasteiger partial charge in [0.15, 0.2) is 6.29 Å². The quantitative estimate of drug-likeness (QED) is 0.439. The maximum absolute atomic E-state index is 11.9. The summed E-state index contributed by atoms with van der Waals surface area (Å²) in [4.78, 5) is 47.2. The van der Waals surface area contributed by atoms with Crippen LogP contribution < -0.4 is 21.3 Å². The van der Waals surface area contributed by atoms with Crippen molar-refractivity contribution < 1.29 is 28.7 Å². The Morgan fingerprint density at radius 1 is 0.806 bits per heavy atom. The average molecular weight is 434 g/mol. The molecule has 0 saturated carbocycles. The van der Waals surface area contributed by atoms with Gasteiger partial charge < -0.3 is 30.7 Å². The fraction of sp³-hybridized carbons (Fsp3) is 0.524. The third kappa shape index (κ3) is 7.65. The lowest BCUT2D eigenvalue weighted by atomic mass is 9.90. The minimum absolute atomic E-state index is 0.0777. The van der Waals surface area contributed by atoms with E-state index in [-0.39, 0.29) is 36.8 Å². The molecule has 1 aromatic carbocycles. The van der Waals surface area contributed by atoms with Gasteiger partial charge in [-0.2, -0.15) is 0 Å². The van der Waals surface area contributed by atoms with Crippen LogP contribution in [-0.4, -0.2) is 60.7 Å². The number of amides is 4. The maximum atomic E-state index is 11.9. The van der Waals surface area contributed by atoms with Gasteiger partial charge in [0.05, 0.1) is 18.7 Å². The van der Waals surface area contributed by atoms with Crippen molar-refractivity contribution in [2.75, 3.05) is 6.54 Å². The van der Waals surface area contributed by atoms with Crippen LogP contribution in [0, 0.1) is 0 Å². The molecule has 0 aliphatic carbocycles. The van der Waals surface area contributed by atoms with E-state index in [0.29, 0.717) is 0 Å². The summed E-state index contributed by atoms with van der Waals surface area (Å²) in [5, 5.41) is 11.0. The van der Waals surface area contributed by atoms with E-state index in [0.717, 1.165) is 5.56 Å². The van der Waals surface area contributed by atoms with E-state index in [2.05, 4.69) is 21.3 Å². The summed E-state index contributed by atoms with van der Waals surface area (Å²) in [6.07, 6.45) is -1.65. The van der Waals surface area contributed by atoms with E-state index in [1.807, 2.05) is 30.3 Å². The van der Waals surface area contributed by atoms with Gasteiger partial charge >= 0.3 is 0 Å². The zero-order valence-corrected chi connectivity index (χ0v) is 18.1. The second-order valence-electron chi connectivity index (χ2n) is 7.46. The average Bonchev–Trinajstić information content (AvgIpc) is 2.68. The van der Waals surface area contributed by atoms with Gasteiger partial charge in [-0.3, -0.25) is 19.2 Å². The molecule has 1 fully saturated rings. The predicted molar refractivity (Wildman–Crippen MR) is 111 cm³/mol. The molecule has 1 heterocycles. The lowest BCUT2D eigenvalue weighted by Gasteiger charge is -2.47. The molecule has 0 aromatic heterocycles. The van der Waals surface area contributed by atoms with Crippen molar-refractivity contribution in [1.82, 2.24) is 21.3 Å². The second-order valence-corrected chi connectivity index (χ2v) is 7.46. The summed E-state index contributed by atoms with van der Waals surface area (Å²) >= 11 is 0. The molecule has 0 spiro atoms. The van der Waals surface area contributed by atoms with Crippen molar-refractivity contribution in [2.45, 2.75) is 64.8 Å². The summed E-state index contributed by atoms with van der Waals surface area (Å²) in [5.74, 6) is -1.31. The highest BCUT2D eigenvalue weighted by Gasteiger charge is 2.47. The van der Waals surface area contributed by atoms with E-state index in [1.54, 1.807) is 0 Å². The number of rotatable bonds is 8. The van der Waals surface area contributed by atoms with Crippen LogP contribution in [0.4, 0.5) is 0 Å². The molecule has 1 saturated heterocycles. The standard InChI is InChI=1S/C21H30N4O6/c1-12(26)22-10-17-18(23-13(2)27)19(24-14(3)28)20(25-15(4)29)21(31-17)30-11-16-8-6-5-7-9-16/h5-9,17-21H,10-11H2,1-4H3,(H,22,26)(H,23,27)(H,24,28)(H,25,29). The van der Waals surface area contributed by atoms with Crippen LogP contribution in [0.5, 0.6) is 0 Å². The Morgan fingerprint density at radius 2 is 1.35 bits per heavy atom. The zero-order valence-electron chi connectivity index (χ0n) is 18.1. The minimum atomic E-state index is -0.940. The first-order valence-electron chi connectivity index (χ1n) is 10.0. The SMILES string of the molecule is CC(=O)NCC1OC(OCc2ccccc2)C(NC(C)=O)C(NC(C)=O)C1NC(C)=O. The number of carbonyl (C=O) groups is 4. The highest BCUT2D eigenvalue weighted by molar-refractivity contribution is 5.76. The smallest absolute Gasteiger partial charge is 0.217 e. The lowest BCUT2D eigenvalue weighted by Crippen LogP contribution is -2.73. The van der Waals surface area contributed by atoms with Crippen molar-refractivity contribution in [3.8, 4) is 0 Å². The molecule has 1 aromatic rings. The molecule has 4 N–H and O–H groups in total. The molecule has 1 aliphatic heterocycles. The highest BCUT2D eigenvalue weighted by atomic mass is 16.7. The van der Waals surface area contributed by atoms with Gasteiger partial charge in [-0.1, -0.05) is 30.3 Å². The molecule has 0 bridgehead atoms. The Balaban J connectivity index is 2.35. The fourth-order valence-electron chi connectivity index (χ4n) is 3.50. The number of ether oxygens (including phenoxy) is 2. The van der Waals surface area contributed by atoms with Crippen LogP contribution in [0.2, 0.25) is 0 Å². The number of benzene rings is 1. The Labute approximate surface area is 181 Å². The minimum Gasteiger partial charge on any atom is -0.354 e. The molecule has 0 radical (unpaired) electrons. The molecule has 4 amide bonds. The maximum Gasteiger partial charge on any atom is 0.217 e. The van der Waals surface area contributed by atoms with Gasteiger partial charge in [0.1, 0.15) is 12.1 Å². The van der Waals surface area contributed by atoms with Crippen LogP contribution in [0.25, 0.3) is 0 Å². The topological polar surface area (TPSA) is 135 Å². The fourth-order valence-corrected chi connectivity index (χ4v) is 3.50. The van der Waals surface area contributed by atoms with Gasteiger partial charge in [0, 0.05) is 34.2 Å². The zero-order chi connectivity index (χ0) is 23.0. The van der Waals surface area contributed by atoms with Crippen LogP contribution in [-0.2, 0) is 35.3 Å².